The monoisotopic (exact) mass is 419 g/mol. The number of fused-ring (bicyclic) bond motifs is 1. The molecule has 0 saturated heterocycles. The van der Waals surface area contributed by atoms with Crippen LogP contribution in [0, 0.1) is 11.3 Å². The van der Waals surface area contributed by atoms with Gasteiger partial charge in [-0.2, -0.15) is 5.26 Å². The zero-order chi connectivity index (χ0) is 20.7. The van der Waals surface area contributed by atoms with Gasteiger partial charge < -0.3 is 19.9 Å². The highest BCUT2D eigenvalue weighted by atomic mass is 32.2. The lowest BCUT2D eigenvalue weighted by atomic mass is 10.3. The molecule has 0 amide bonds. The summed E-state index contributed by atoms with van der Waals surface area (Å²) in [5, 5.41) is 9.55. The molecule has 0 unspecified atom stereocenters. The van der Waals surface area contributed by atoms with Gasteiger partial charge in [0, 0.05) is 0 Å². The zero-order valence-corrected chi connectivity index (χ0v) is 17.0. The molecule has 2 N–H and O–H groups in total. The van der Waals surface area contributed by atoms with E-state index in [0.717, 1.165) is 23.5 Å². The number of methoxy groups -OCH3 is 1. The second kappa shape index (κ2) is 9.87. The van der Waals surface area contributed by atoms with Crippen LogP contribution in [0.2, 0.25) is 0 Å². The molecule has 1 heterocycles. The van der Waals surface area contributed by atoms with Crippen LogP contribution in [0.25, 0.3) is 0 Å². The first-order chi connectivity index (χ1) is 13.5. The molecule has 1 aromatic carbocycles. The largest absolute Gasteiger partial charge is 0.465 e. The van der Waals surface area contributed by atoms with E-state index in [4.69, 9.17) is 19.9 Å². The minimum absolute atomic E-state index is 0.101. The first-order valence-corrected chi connectivity index (χ1v) is 9.98. The number of thioether (sulfide) groups is 2. The molecule has 1 aliphatic rings. The molecule has 0 bridgehead atoms. The Labute approximate surface area is 170 Å². The lowest BCUT2D eigenvalue weighted by Gasteiger charge is -2.11. The molecule has 0 radical (unpaired) electrons. The lowest BCUT2D eigenvalue weighted by Crippen LogP contribution is -2.21. The number of benzene rings is 1. The van der Waals surface area contributed by atoms with Gasteiger partial charge in [-0.1, -0.05) is 23.9 Å². The first kappa shape index (κ1) is 21.4. The van der Waals surface area contributed by atoms with Gasteiger partial charge in [0.25, 0.3) is 0 Å². The van der Waals surface area contributed by atoms with Crippen molar-refractivity contribution >= 4 is 46.2 Å². The Morgan fingerprint density at radius 2 is 2.07 bits per heavy atom. The molecule has 0 aliphatic carbocycles. The third-order valence-corrected chi connectivity index (χ3v) is 5.53. The van der Waals surface area contributed by atoms with Crippen molar-refractivity contribution in [1.29, 1.82) is 5.26 Å². The fourth-order valence-corrected chi connectivity index (χ4v) is 3.84. The standard InChI is InChI=1S/C18H17N3O5S2/c1-4-25-16(22)10(9-19)18(27-3)28-15-13(17(23)24-2)14(20)26-12-8-6-5-7-11(12)21-15/h5-8H,4,20H2,1-3H3/b18-10+. The van der Waals surface area contributed by atoms with Crippen molar-refractivity contribution in [3.63, 3.8) is 0 Å². The van der Waals surface area contributed by atoms with Gasteiger partial charge in [0.2, 0.25) is 5.88 Å². The summed E-state index contributed by atoms with van der Waals surface area (Å²) in [7, 11) is 1.20. The summed E-state index contributed by atoms with van der Waals surface area (Å²) in [4.78, 5) is 28.9. The van der Waals surface area contributed by atoms with Crippen molar-refractivity contribution in [2.75, 3.05) is 20.0 Å². The second-order valence-electron chi connectivity index (χ2n) is 5.02. The van der Waals surface area contributed by atoms with Crippen molar-refractivity contribution in [2.45, 2.75) is 6.92 Å². The number of nitrogens with two attached hydrogens (primary N) is 1. The number of ether oxygens (including phenoxy) is 3. The predicted octanol–water partition coefficient (Wildman–Crippen LogP) is 2.85. The van der Waals surface area contributed by atoms with E-state index in [-0.39, 0.29) is 28.7 Å². The number of esters is 2. The van der Waals surface area contributed by atoms with E-state index < -0.39 is 11.9 Å². The van der Waals surface area contributed by atoms with Gasteiger partial charge in [-0.25, -0.2) is 14.6 Å². The number of aliphatic imine (C=N–C) groups is 1. The highest BCUT2D eigenvalue weighted by Crippen LogP contribution is 2.39. The molecule has 1 aromatic rings. The van der Waals surface area contributed by atoms with E-state index in [0.29, 0.717) is 15.7 Å². The van der Waals surface area contributed by atoms with Gasteiger partial charge in [-0.3, -0.25) is 0 Å². The van der Waals surface area contributed by atoms with Crippen LogP contribution in [0.4, 0.5) is 5.69 Å². The average Bonchev–Trinajstić information content (AvgIpc) is 2.82. The molecular weight excluding hydrogens is 402 g/mol. The fraction of sp³-hybridized carbons (Fsp3) is 0.222. The molecule has 0 fully saturated rings. The molecule has 0 atom stereocenters. The van der Waals surface area contributed by atoms with Gasteiger partial charge in [-0.15, -0.1) is 11.8 Å². The van der Waals surface area contributed by atoms with Crippen LogP contribution >= 0.6 is 23.5 Å². The summed E-state index contributed by atoms with van der Waals surface area (Å²) in [6.45, 7) is 1.76. The minimum Gasteiger partial charge on any atom is -0.465 e. The molecule has 10 heteroatoms. The van der Waals surface area contributed by atoms with Gasteiger partial charge in [0.15, 0.2) is 16.9 Å². The molecule has 146 valence electrons. The lowest BCUT2D eigenvalue weighted by molar-refractivity contribution is -0.138. The van der Waals surface area contributed by atoms with Crippen LogP contribution in [0.5, 0.6) is 5.75 Å². The van der Waals surface area contributed by atoms with E-state index in [1.807, 2.05) is 6.07 Å². The van der Waals surface area contributed by atoms with Crippen molar-refractivity contribution in [3.8, 4) is 11.8 Å². The topological polar surface area (TPSA) is 124 Å². The summed E-state index contributed by atoms with van der Waals surface area (Å²) in [6, 6.07) is 8.66. The van der Waals surface area contributed by atoms with E-state index in [1.165, 1.54) is 7.11 Å². The molecular formula is C18H17N3O5S2. The Morgan fingerprint density at radius 1 is 1.36 bits per heavy atom. The molecule has 0 spiro atoms. The van der Waals surface area contributed by atoms with Crippen molar-refractivity contribution in [2.24, 2.45) is 10.7 Å². The quantitative estimate of drug-likeness (QED) is 0.436. The Kier molecular flexibility index (Phi) is 7.54. The second-order valence-corrected chi connectivity index (χ2v) is 7.09. The van der Waals surface area contributed by atoms with Crippen LogP contribution in [0.1, 0.15) is 6.92 Å². The minimum atomic E-state index is -0.760. The summed E-state index contributed by atoms with van der Waals surface area (Å²) in [5.41, 5.74) is 6.12. The number of rotatable bonds is 5. The first-order valence-electron chi connectivity index (χ1n) is 7.94. The van der Waals surface area contributed by atoms with E-state index >= 15 is 0 Å². The molecule has 0 aromatic heterocycles. The average molecular weight is 419 g/mol. The van der Waals surface area contributed by atoms with Gasteiger partial charge >= 0.3 is 11.9 Å². The maximum absolute atomic E-state index is 12.3. The maximum Gasteiger partial charge on any atom is 0.350 e. The Balaban J connectivity index is 2.61. The molecule has 8 nitrogen and oxygen atoms in total. The van der Waals surface area contributed by atoms with E-state index in [1.54, 1.807) is 37.4 Å². The Morgan fingerprint density at radius 3 is 2.68 bits per heavy atom. The molecule has 28 heavy (non-hydrogen) atoms. The van der Waals surface area contributed by atoms with Gasteiger partial charge in [0.05, 0.1) is 18.0 Å². The Hall–Kier alpha value is -2.90. The number of carbonyl (C=O) groups excluding carboxylic acids is 2. The number of hydrogen-bond acceptors (Lipinski definition) is 10. The SMILES string of the molecule is CCOC(=O)/C(C#N)=C(\SC)SC1=Nc2ccccc2OC(N)=C1C(=O)OC. The van der Waals surface area contributed by atoms with Crippen LogP contribution in [0.3, 0.4) is 0 Å². The Bertz CT molecular complexity index is 931. The maximum atomic E-state index is 12.3. The summed E-state index contributed by atoms with van der Waals surface area (Å²) in [5.74, 6) is -1.35. The van der Waals surface area contributed by atoms with Crippen LogP contribution in [0.15, 0.2) is 50.5 Å². The third kappa shape index (κ3) is 4.68. The van der Waals surface area contributed by atoms with Crippen molar-refractivity contribution in [3.05, 3.63) is 45.5 Å². The van der Waals surface area contributed by atoms with Crippen molar-refractivity contribution < 1.29 is 23.8 Å². The van der Waals surface area contributed by atoms with Gasteiger partial charge in [0.1, 0.15) is 16.8 Å². The highest BCUT2D eigenvalue weighted by Gasteiger charge is 2.29. The number of hydrogen-bond donors (Lipinski definition) is 1. The van der Waals surface area contributed by atoms with Crippen LogP contribution < -0.4 is 10.5 Å². The van der Waals surface area contributed by atoms with E-state index in [2.05, 4.69) is 4.99 Å². The predicted molar refractivity (Wildman–Crippen MR) is 108 cm³/mol. The zero-order valence-electron chi connectivity index (χ0n) is 15.3. The molecule has 2 rings (SSSR count). The van der Waals surface area contributed by atoms with Gasteiger partial charge in [-0.05, 0) is 25.3 Å². The normalized spacial score (nSPS) is 13.9. The molecule has 1 aliphatic heterocycles. The van der Waals surface area contributed by atoms with Crippen LogP contribution in [-0.2, 0) is 19.1 Å². The molecule has 0 saturated carbocycles. The number of carbonyl (C=O) groups is 2. The highest BCUT2D eigenvalue weighted by molar-refractivity contribution is 8.29. The number of para-hydroxylation sites is 2. The number of nitriles is 1. The van der Waals surface area contributed by atoms with Crippen molar-refractivity contribution in [1.82, 2.24) is 0 Å². The van der Waals surface area contributed by atoms with E-state index in [9.17, 15) is 14.9 Å². The summed E-state index contributed by atoms with van der Waals surface area (Å²) >= 11 is 2.08. The summed E-state index contributed by atoms with van der Waals surface area (Å²) < 4.78 is 15.6. The number of nitrogens with zero attached hydrogens (tertiary/aromatic N) is 2. The fourth-order valence-electron chi connectivity index (χ4n) is 2.10. The third-order valence-electron chi connectivity index (χ3n) is 3.33. The van der Waals surface area contributed by atoms with Crippen LogP contribution in [-0.4, -0.2) is 37.0 Å². The smallest absolute Gasteiger partial charge is 0.350 e. The summed E-state index contributed by atoms with van der Waals surface area (Å²) in [6.07, 6.45) is 1.69.